The van der Waals surface area contributed by atoms with Gasteiger partial charge in [-0.25, -0.2) is 0 Å². The van der Waals surface area contributed by atoms with Gasteiger partial charge < -0.3 is 4.90 Å². The molecule has 4 fully saturated rings. The van der Waals surface area contributed by atoms with Gasteiger partial charge in [0.15, 0.2) is 0 Å². The summed E-state index contributed by atoms with van der Waals surface area (Å²) in [4.78, 5) is 42.3. The maximum Gasteiger partial charge on any atom is 0.253 e. The van der Waals surface area contributed by atoms with Crippen LogP contribution in [-0.2, 0) is 9.59 Å². The van der Waals surface area contributed by atoms with Crippen molar-refractivity contribution in [1.82, 2.24) is 4.90 Å². The van der Waals surface area contributed by atoms with Gasteiger partial charge in [0.2, 0.25) is 11.8 Å². The summed E-state index contributed by atoms with van der Waals surface area (Å²) in [6.45, 7) is 1.62. The molecule has 3 amide bonds. The first-order valence-corrected chi connectivity index (χ1v) is 10.6. The van der Waals surface area contributed by atoms with Gasteiger partial charge in [-0.15, -0.1) is 0 Å². The van der Waals surface area contributed by atoms with E-state index in [1.807, 2.05) is 4.90 Å². The molecule has 0 spiro atoms. The topological polar surface area (TPSA) is 57.7 Å². The number of carbonyl (C=O) groups is 3. The molecule has 0 N–H and O–H groups in total. The van der Waals surface area contributed by atoms with Crippen LogP contribution < -0.4 is 4.90 Å². The smallest absolute Gasteiger partial charge is 0.253 e. The molecule has 28 heavy (non-hydrogen) atoms. The molecule has 5 heteroatoms. The molecule has 6 aliphatic rings. The van der Waals surface area contributed by atoms with Crippen LogP contribution in [0.25, 0.3) is 0 Å². The summed E-state index contributed by atoms with van der Waals surface area (Å²) in [6, 6.07) is 7.05. The first kappa shape index (κ1) is 16.5. The second-order valence-corrected chi connectivity index (χ2v) is 9.07. The van der Waals surface area contributed by atoms with Crippen LogP contribution in [0.15, 0.2) is 36.4 Å². The molecule has 1 aromatic carbocycles. The fourth-order valence-corrected chi connectivity index (χ4v) is 6.24. The van der Waals surface area contributed by atoms with E-state index in [-0.39, 0.29) is 41.4 Å². The molecule has 0 radical (unpaired) electrons. The predicted octanol–water partition coefficient (Wildman–Crippen LogP) is 2.87. The SMILES string of the molecule is O=C(c1ccc(N2C(=O)[C@H]3[C@@H]4C=C[C@@H]([C@H]5C[C@H]45)[C@@H]3C2=O)cc1)N1CCCCC1. The lowest BCUT2D eigenvalue weighted by atomic mass is 9.63. The molecule has 144 valence electrons. The zero-order valence-corrected chi connectivity index (χ0v) is 15.8. The molecular weight excluding hydrogens is 352 g/mol. The molecule has 4 aliphatic carbocycles. The summed E-state index contributed by atoms with van der Waals surface area (Å²) in [7, 11) is 0. The van der Waals surface area contributed by atoms with Crippen molar-refractivity contribution in [3.8, 4) is 0 Å². The monoisotopic (exact) mass is 376 g/mol. The second-order valence-electron chi connectivity index (χ2n) is 9.07. The van der Waals surface area contributed by atoms with Crippen molar-refractivity contribution in [3.05, 3.63) is 42.0 Å². The van der Waals surface area contributed by atoms with E-state index in [0.717, 1.165) is 25.9 Å². The highest BCUT2D eigenvalue weighted by molar-refractivity contribution is 6.22. The average Bonchev–Trinajstić information content (AvgIpc) is 3.52. The average molecular weight is 376 g/mol. The minimum atomic E-state index is -0.180. The van der Waals surface area contributed by atoms with Crippen LogP contribution in [0, 0.1) is 35.5 Å². The van der Waals surface area contributed by atoms with E-state index >= 15 is 0 Å². The van der Waals surface area contributed by atoms with Gasteiger partial charge >= 0.3 is 0 Å². The summed E-state index contributed by atoms with van der Waals surface area (Å²) in [5.41, 5.74) is 1.23. The Bertz CT molecular complexity index is 863. The van der Waals surface area contributed by atoms with E-state index in [4.69, 9.17) is 0 Å². The summed E-state index contributed by atoms with van der Waals surface area (Å²) in [5.74, 6) is 1.28. The third kappa shape index (κ3) is 2.16. The third-order valence-corrected chi connectivity index (χ3v) is 7.68. The molecule has 2 bridgehead atoms. The van der Waals surface area contributed by atoms with Crippen molar-refractivity contribution in [3.63, 3.8) is 0 Å². The number of anilines is 1. The highest BCUT2D eigenvalue weighted by Crippen LogP contribution is 2.65. The van der Waals surface area contributed by atoms with Crippen molar-refractivity contribution in [2.24, 2.45) is 35.5 Å². The molecule has 5 nitrogen and oxygen atoms in total. The maximum atomic E-state index is 13.2. The van der Waals surface area contributed by atoms with Gasteiger partial charge in [0.1, 0.15) is 0 Å². The van der Waals surface area contributed by atoms with Crippen LogP contribution in [0.2, 0.25) is 0 Å². The number of nitrogens with zero attached hydrogens (tertiary/aromatic N) is 2. The standard InChI is InChI=1S/C23H24N2O3/c26-21(24-10-2-1-3-11-24)13-4-6-14(7-5-13)25-22(27)19-15-8-9-16(18-12-17(15)18)20(19)23(25)28/h4-9,15-20H,1-3,10-12H2/t15-,16+,17-,18-,19+,20+/m1/s1. The van der Waals surface area contributed by atoms with Gasteiger partial charge in [0.25, 0.3) is 5.91 Å². The van der Waals surface area contributed by atoms with Gasteiger partial charge in [-0.05, 0) is 73.6 Å². The van der Waals surface area contributed by atoms with E-state index in [1.54, 1.807) is 24.3 Å². The van der Waals surface area contributed by atoms with Gasteiger partial charge in [-0.1, -0.05) is 12.2 Å². The largest absolute Gasteiger partial charge is 0.339 e. The Hall–Kier alpha value is -2.43. The fraction of sp³-hybridized carbons (Fsp3) is 0.522. The molecule has 7 rings (SSSR count). The molecule has 2 saturated heterocycles. The quantitative estimate of drug-likeness (QED) is 0.589. The number of hydrogen-bond acceptors (Lipinski definition) is 3. The van der Waals surface area contributed by atoms with Crippen LogP contribution in [0.3, 0.4) is 0 Å². The van der Waals surface area contributed by atoms with E-state index in [0.29, 0.717) is 23.1 Å². The highest BCUT2D eigenvalue weighted by atomic mass is 16.2. The minimum absolute atomic E-state index is 0.0429. The van der Waals surface area contributed by atoms with Gasteiger partial charge in [-0.3, -0.25) is 19.3 Å². The Morgan fingerprint density at radius 1 is 0.821 bits per heavy atom. The van der Waals surface area contributed by atoms with Crippen molar-refractivity contribution in [2.45, 2.75) is 25.7 Å². The number of benzene rings is 1. The number of amides is 3. The Balaban J connectivity index is 1.26. The summed E-state index contributed by atoms with van der Waals surface area (Å²) in [6.07, 6.45) is 8.85. The van der Waals surface area contributed by atoms with Crippen LogP contribution in [0.1, 0.15) is 36.0 Å². The number of piperidine rings is 1. The van der Waals surface area contributed by atoms with Crippen molar-refractivity contribution in [2.75, 3.05) is 18.0 Å². The summed E-state index contributed by atoms with van der Waals surface area (Å²) in [5, 5.41) is 0. The van der Waals surface area contributed by atoms with E-state index in [1.165, 1.54) is 17.7 Å². The van der Waals surface area contributed by atoms with E-state index in [2.05, 4.69) is 12.2 Å². The zero-order valence-electron chi connectivity index (χ0n) is 15.8. The highest BCUT2D eigenvalue weighted by Gasteiger charge is 2.67. The summed E-state index contributed by atoms with van der Waals surface area (Å²) < 4.78 is 0. The Labute approximate surface area is 164 Å². The van der Waals surface area contributed by atoms with Crippen LogP contribution >= 0.6 is 0 Å². The molecule has 0 aromatic heterocycles. The minimum Gasteiger partial charge on any atom is -0.339 e. The second kappa shape index (κ2) is 5.79. The molecule has 2 saturated carbocycles. The van der Waals surface area contributed by atoms with Gasteiger partial charge in [0.05, 0.1) is 17.5 Å². The van der Waals surface area contributed by atoms with Crippen LogP contribution in [0.5, 0.6) is 0 Å². The number of hydrogen-bond donors (Lipinski definition) is 0. The number of allylic oxidation sites excluding steroid dienone is 2. The lowest BCUT2D eigenvalue weighted by Gasteiger charge is -2.37. The number of likely N-dealkylation sites (tertiary alicyclic amines) is 1. The fourth-order valence-electron chi connectivity index (χ4n) is 6.24. The van der Waals surface area contributed by atoms with Crippen LogP contribution in [-0.4, -0.2) is 35.7 Å². The molecule has 2 aliphatic heterocycles. The van der Waals surface area contributed by atoms with E-state index in [9.17, 15) is 14.4 Å². The van der Waals surface area contributed by atoms with E-state index < -0.39 is 0 Å². The number of carbonyl (C=O) groups excluding carboxylic acids is 3. The van der Waals surface area contributed by atoms with Crippen LogP contribution in [0.4, 0.5) is 5.69 Å². The third-order valence-electron chi connectivity index (χ3n) is 7.68. The van der Waals surface area contributed by atoms with Crippen molar-refractivity contribution in [1.29, 1.82) is 0 Å². The van der Waals surface area contributed by atoms with Crippen molar-refractivity contribution >= 4 is 23.4 Å². The number of imide groups is 1. The van der Waals surface area contributed by atoms with Crippen molar-refractivity contribution < 1.29 is 14.4 Å². The maximum absolute atomic E-state index is 13.2. The normalized spacial score (nSPS) is 37.9. The molecule has 1 aromatic rings. The Kier molecular flexibility index (Phi) is 3.41. The summed E-state index contributed by atoms with van der Waals surface area (Å²) >= 11 is 0. The number of rotatable bonds is 2. The lowest BCUT2D eigenvalue weighted by Crippen LogP contribution is -2.40. The zero-order chi connectivity index (χ0) is 19.0. The molecule has 0 unspecified atom stereocenters. The first-order chi connectivity index (χ1) is 13.6. The Morgan fingerprint density at radius 3 is 1.96 bits per heavy atom. The Morgan fingerprint density at radius 2 is 1.39 bits per heavy atom. The van der Waals surface area contributed by atoms with Gasteiger partial charge in [-0.2, -0.15) is 0 Å². The lowest BCUT2D eigenvalue weighted by molar-refractivity contribution is -0.124. The molecule has 6 atom stereocenters. The van der Waals surface area contributed by atoms with Gasteiger partial charge in [0, 0.05) is 18.7 Å². The molecular formula is C23H24N2O3. The molecule has 2 heterocycles. The predicted molar refractivity (Wildman–Crippen MR) is 103 cm³/mol. The first-order valence-electron chi connectivity index (χ1n) is 10.6.